The Morgan fingerprint density at radius 2 is 1.27 bits per heavy atom. The number of likely N-dealkylation sites (tertiary alicyclic amines) is 2. The van der Waals surface area contributed by atoms with Gasteiger partial charge in [0.2, 0.25) is 0 Å². The topological polar surface area (TPSA) is 49.9 Å². The molecule has 2 saturated heterocycles. The summed E-state index contributed by atoms with van der Waals surface area (Å²) in [6.45, 7) is 7.50. The lowest BCUT2D eigenvalue weighted by molar-refractivity contribution is -0.129. The monoisotopic (exact) mass is 515 g/mol. The van der Waals surface area contributed by atoms with Crippen molar-refractivity contribution in [1.82, 2.24) is 9.80 Å². The lowest BCUT2D eigenvalue weighted by atomic mass is 10.2. The molecule has 0 bridgehead atoms. The van der Waals surface area contributed by atoms with E-state index in [0.717, 1.165) is 12.8 Å². The summed E-state index contributed by atoms with van der Waals surface area (Å²) in [7, 11) is -2.29. The van der Waals surface area contributed by atoms with Gasteiger partial charge in [-0.15, -0.1) is 0 Å². The van der Waals surface area contributed by atoms with Crippen LogP contribution in [0.3, 0.4) is 0 Å². The highest BCUT2D eigenvalue weighted by Crippen LogP contribution is 2.62. The molecular formula is C31H36N2O3P+. The molecule has 192 valence electrons. The average Bonchev–Trinajstić information content (AvgIpc) is 3.53. The number of carbonyl (C=O) groups is 2. The number of hydrogen-bond acceptors (Lipinski definition) is 3. The predicted molar refractivity (Wildman–Crippen MR) is 151 cm³/mol. The van der Waals surface area contributed by atoms with Crippen LogP contribution in [0.2, 0.25) is 0 Å². The maximum absolute atomic E-state index is 14.4. The molecule has 6 heteroatoms. The number of carbonyl (C=O) groups excluding carboxylic acids is 2. The molecule has 2 heterocycles. The molecule has 0 aromatic heterocycles. The van der Waals surface area contributed by atoms with E-state index in [0.29, 0.717) is 19.6 Å². The molecule has 2 aliphatic heterocycles. The van der Waals surface area contributed by atoms with Crippen LogP contribution in [-0.2, 0) is 9.53 Å². The van der Waals surface area contributed by atoms with Crippen molar-refractivity contribution in [2.24, 2.45) is 0 Å². The lowest BCUT2D eigenvalue weighted by Gasteiger charge is -2.32. The summed E-state index contributed by atoms with van der Waals surface area (Å²) in [5.41, 5.74) is -0.676. The first-order valence-electron chi connectivity index (χ1n) is 13.1. The molecule has 2 amide bonds. The second kappa shape index (κ2) is 10.3. The van der Waals surface area contributed by atoms with E-state index in [4.69, 9.17) is 4.74 Å². The normalized spacial score (nSPS) is 20.4. The molecular weight excluding hydrogens is 479 g/mol. The number of nitrogens with zero attached hydrogens (tertiary/aromatic N) is 2. The Hall–Kier alpha value is -3.17. The second-order valence-electron chi connectivity index (χ2n) is 10.9. The van der Waals surface area contributed by atoms with E-state index in [2.05, 4.69) is 77.7 Å². The van der Waals surface area contributed by atoms with Crippen molar-refractivity contribution in [2.75, 3.05) is 19.6 Å². The van der Waals surface area contributed by atoms with Crippen molar-refractivity contribution in [3.63, 3.8) is 0 Å². The standard InChI is InChI=1S/C31H36N2O3P/c1-31(2,3)36-30(35)32-21-19-24(23-32)33-22-20-28(29(33)34)37(25-13-7-4-8-14-25,26-15-9-5-10-16-26)27-17-11-6-12-18-27/h4-18,24,28H,19-23H2,1-3H3/q+1/t24-,28+/m0/s1. The second-order valence-corrected chi connectivity index (χ2v) is 14.6. The van der Waals surface area contributed by atoms with E-state index in [-0.39, 0.29) is 23.7 Å². The Morgan fingerprint density at radius 1 is 0.784 bits per heavy atom. The highest BCUT2D eigenvalue weighted by molar-refractivity contribution is 7.96. The fourth-order valence-electron chi connectivity index (χ4n) is 5.87. The fraction of sp³-hybridized carbons (Fsp3) is 0.355. The molecule has 2 fully saturated rings. The van der Waals surface area contributed by atoms with Crippen molar-refractivity contribution in [2.45, 2.75) is 50.9 Å². The van der Waals surface area contributed by atoms with Crippen LogP contribution >= 0.6 is 7.26 Å². The van der Waals surface area contributed by atoms with Gasteiger partial charge in [-0.25, -0.2) is 4.79 Å². The molecule has 37 heavy (non-hydrogen) atoms. The van der Waals surface area contributed by atoms with Gasteiger partial charge in [-0.3, -0.25) is 4.79 Å². The molecule has 0 radical (unpaired) electrons. The lowest BCUT2D eigenvalue weighted by Crippen LogP contribution is -2.46. The Balaban J connectivity index is 1.51. The minimum absolute atomic E-state index is 0.0224. The van der Waals surface area contributed by atoms with E-state index >= 15 is 0 Å². The summed E-state index contributed by atoms with van der Waals surface area (Å²) in [5, 5.41) is 3.69. The molecule has 0 aliphatic carbocycles. The average molecular weight is 516 g/mol. The van der Waals surface area contributed by atoms with Gasteiger partial charge in [0.1, 0.15) is 28.8 Å². The van der Waals surface area contributed by atoms with Crippen molar-refractivity contribution in [3.8, 4) is 0 Å². The summed E-state index contributed by atoms with van der Waals surface area (Å²) >= 11 is 0. The first-order valence-corrected chi connectivity index (χ1v) is 15.0. The van der Waals surface area contributed by atoms with E-state index < -0.39 is 12.9 Å². The van der Waals surface area contributed by atoms with E-state index in [1.54, 1.807) is 4.90 Å². The number of hydrogen-bond donors (Lipinski definition) is 0. The van der Waals surface area contributed by atoms with Gasteiger partial charge in [0, 0.05) is 26.1 Å². The maximum Gasteiger partial charge on any atom is 0.410 e. The molecule has 0 saturated carbocycles. The zero-order valence-corrected chi connectivity index (χ0v) is 22.8. The molecule has 3 aromatic rings. The van der Waals surface area contributed by atoms with E-state index in [9.17, 15) is 9.59 Å². The van der Waals surface area contributed by atoms with E-state index in [1.807, 2.05) is 39.0 Å². The summed E-state index contributed by atoms with van der Waals surface area (Å²) in [6.07, 6.45) is 1.29. The van der Waals surface area contributed by atoms with Gasteiger partial charge in [0.25, 0.3) is 5.91 Å². The van der Waals surface area contributed by atoms with Gasteiger partial charge < -0.3 is 14.5 Å². The summed E-state index contributed by atoms with van der Waals surface area (Å²) in [4.78, 5) is 30.9. The minimum atomic E-state index is -2.29. The van der Waals surface area contributed by atoms with E-state index in [1.165, 1.54) is 15.9 Å². The van der Waals surface area contributed by atoms with Crippen LogP contribution in [0.5, 0.6) is 0 Å². The van der Waals surface area contributed by atoms with Crippen molar-refractivity contribution in [1.29, 1.82) is 0 Å². The number of ether oxygens (including phenoxy) is 1. The quantitative estimate of drug-likeness (QED) is 0.467. The smallest absolute Gasteiger partial charge is 0.410 e. The third-order valence-corrected chi connectivity index (χ3v) is 12.2. The van der Waals surface area contributed by atoms with Crippen molar-refractivity contribution < 1.29 is 14.3 Å². The van der Waals surface area contributed by atoms with Crippen LogP contribution in [-0.4, -0.2) is 58.7 Å². The zero-order chi connectivity index (χ0) is 26.0. The van der Waals surface area contributed by atoms with Crippen molar-refractivity contribution in [3.05, 3.63) is 91.0 Å². The van der Waals surface area contributed by atoms with Crippen LogP contribution in [0.15, 0.2) is 91.0 Å². The molecule has 0 unspecified atom stereocenters. The third kappa shape index (κ3) is 4.90. The van der Waals surface area contributed by atoms with Crippen LogP contribution in [0.25, 0.3) is 0 Å². The van der Waals surface area contributed by atoms with Gasteiger partial charge in [0.05, 0.1) is 6.04 Å². The molecule has 5 rings (SSSR count). The zero-order valence-electron chi connectivity index (χ0n) is 21.9. The molecule has 2 atom stereocenters. The largest absolute Gasteiger partial charge is 0.444 e. The SMILES string of the molecule is CC(C)(C)OC(=O)N1CC[C@H](N2CC[C@@H]([P+](c3ccccc3)(c3ccccc3)c3ccccc3)C2=O)C1. The highest BCUT2D eigenvalue weighted by atomic mass is 31.2. The van der Waals surface area contributed by atoms with Gasteiger partial charge >= 0.3 is 6.09 Å². The molecule has 0 N–H and O–H groups in total. The first kappa shape index (κ1) is 25.5. The predicted octanol–water partition coefficient (Wildman–Crippen LogP) is 4.59. The Kier molecular flexibility index (Phi) is 7.09. The maximum atomic E-state index is 14.4. The first-order chi connectivity index (χ1) is 17.8. The molecule has 3 aromatic carbocycles. The number of benzene rings is 3. The third-order valence-electron chi connectivity index (χ3n) is 7.43. The number of amides is 2. The Morgan fingerprint density at radius 3 is 1.73 bits per heavy atom. The van der Waals surface area contributed by atoms with Crippen LogP contribution in [0, 0.1) is 0 Å². The van der Waals surface area contributed by atoms with Gasteiger partial charge in [-0.05, 0) is 63.6 Å². The van der Waals surface area contributed by atoms with Crippen LogP contribution in [0.1, 0.15) is 33.6 Å². The summed E-state index contributed by atoms with van der Waals surface area (Å²) in [5.74, 6) is 0.209. The summed E-state index contributed by atoms with van der Waals surface area (Å²) in [6, 6.07) is 31.9. The fourth-order valence-corrected chi connectivity index (χ4v) is 10.8. The Labute approximate surface area is 220 Å². The van der Waals surface area contributed by atoms with Gasteiger partial charge in [-0.2, -0.15) is 0 Å². The van der Waals surface area contributed by atoms with Crippen LogP contribution < -0.4 is 15.9 Å². The van der Waals surface area contributed by atoms with Crippen LogP contribution in [0.4, 0.5) is 4.79 Å². The molecule has 0 spiro atoms. The highest BCUT2D eigenvalue weighted by Gasteiger charge is 2.59. The minimum Gasteiger partial charge on any atom is -0.444 e. The van der Waals surface area contributed by atoms with Gasteiger partial charge in [-0.1, -0.05) is 54.6 Å². The molecule has 2 aliphatic rings. The Bertz CT molecular complexity index is 1130. The summed E-state index contributed by atoms with van der Waals surface area (Å²) < 4.78 is 5.60. The number of rotatable bonds is 5. The van der Waals surface area contributed by atoms with Crippen molar-refractivity contribution >= 4 is 35.2 Å². The molecule has 5 nitrogen and oxygen atoms in total. The van der Waals surface area contributed by atoms with Gasteiger partial charge in [0.15, 0.2) is 5.66 Å².